The molecule has 0 aliphatic heterocycles. The van der Waals surface area contributed by atoms with Crippen molar-refractivity contribution < 1.29 is 19.7 Å². The minimum absolute atomic E-state index is 0.103. The zero-order valence-electron chi connectivity index (χ0n) is 9.77. The molecule has 2 atom stereocenters. The van der Waals surface area contributed by atoms with E-state index in [1.165, 1.54) is 0 Å². The van der Waals surface area contributed by atoms with Gasteiger partial charge in [-0.25, -0.2) is 0 Å². The molecule has 0 saturated heterocycles. The van der Waals surface area contributed by atoms with Gasteiger partial charge in [0.25, 0.3) is 0 Å². The number of aliphatic hydroxyl groups is 2. The number of nitrogens with two attached hydrogens (primary N) is 2. The predicted molar refractivity (Wildman–Crippen MR) is 58.0 cm³/mol. The molecule has 0 rings (SSSR count). The van der Waals surface area contributed by atoms with Gasteiger partial charge < -0.3 is 31.2 Å². The number of ether oxygens (including phenoxy) is 2. The molecule has 0 saturated carbocycles. The first kappa shape index (κ1) is 17.2. The van der Waals surface area contributed by atoms with Crippen molar-refractivity contribution in [2.75, 3.05) is 26.4 Å². The van der Waals surface area contributed by atoms with E-state index in [2.05, 4.69) is 0 Å². The third-order valence-corrected chi connectivity index (χ3v) is 1.35. The summed E-state index contributed by atoms with van der Waals surface area (Å²) in [4.78, 5) is 0. The third kappa shape index (κ3) is 13.8. The van der Waals surface area contributed by atoms with Gasteiger partial charge in [0.05, 0.1) is 13.2 Å². The molecule has 0 fully saturated rings. The van der Waals surface area contributed by atoms with Gasteiger partial charge in [-0.3, -0.25) is 0 Å². The zero-order chi connectivity index (χ0) is 12.3. The Bertz CT molecular complexity index is 133. The lowest BCUT2D eigenvalue weighted by molar-refractivity contribution is -0.0568. The molecule has 0 aromatic carbocycles. The first-order valence-corrected chi connectivity index (χ1v) is 4.95. The second kappa shape index (κ2) is 10.3. The molecule has 0 aromatic heterocycles. The van der Waals surface area contributed by atoms with Crippen LogP contribution in [-0.4, -0.2) is 48.6 Å². The van der Waals surface area contributed by atoms with Gasteiger partial charge in [-0.15, -0.1) is 0 Å². The molecule has 2 unspecified atom stereocenters. The number of rotatable bonds is 6. The molecule has 0 aliphatic carbocycles. The van der Waals surface area contributed by atoms with Crippen molar-refractivity contribution in [2.24, 2.45) is 11.5 Å². The quantitative estimate of drug-likeness (QED) is 0.430. The van der Waals surface area contributed by atoms with Crippen LogP contribution in [0.1, 0.15) is 20.8 Å². The Kier molecular flexibility index (Phi) is 11.8. The van der Waals surface area contributed by atoms with Gasteiger partial charge in [0.2, 0.25) is 0 Å². The molecular formula is C9H24N2O4. The monoisotopic (exact) mass is 224 g/mol. The van der Waals surface area contributed by atoms with Crippen LogP contribution in [0, 0.1) is 0 Å². The van der Waals surface area contributed by atoms with Gasteiger partial charge in [0.15, 0.2) is 0 Å². The van der Waals surface area contributed by atoms with E-state index in [0.717, 1.165) is 0 Å². The van der Waals surface area contributed by atoms with E-state index in [9.17, 15) is 0 Å². The van der Waals surface area contributed by atoms with E-state index in [1.807, 2.05) is 13.8 Å². The van der Waals surface area contributed by atoms with Crippen LogP contribution < -0.4 is 11.5 Å². The second-order valence-corrected chi connectivity index (χ2v) is 3.08. The molecule has 0 spiro atoms. The molecule has 0 heterocycles. The highest BCUT2D eigenvalue weighted by molar-refractivity contribution is 4.62. The summed E-state index contributed by atoms with van der Waals surface area (Å²) < 4.78 is 9.62. The fraction of sp³-hybridized carbons (Fsp3) is 1.00. The molecule has 0 aromatic rings. The van der Waals surface area contributed by atoms with Crippen molar-refractivity contribution in [3.63, 3.8) is 0 Å². The maximum Gasteiger partial charge on any atom is 0.137 e. The molecule has 0 bridgehead atoms. The Morgan fingerprint density at radius 1 is 1.27 bits per heavy atom. The van der Waals surface area contributed by atoms with Gasteiger partial charge in [0, 0.05) is 13.2 Å². The Morgan fingerprint density at radius 2 is 1.80 bits per heavy atom. The molecule has 94 valence electrons. The summed E-state index contributed by atoms with van der Waals surface area (Å²) in [6, 6.07) is 0. The van der Waals surface area contributed by atoms with Crippen LogP contribution in [-0.2, 0) is 9.47 Å². The molecule has 15 heavy (non-hydrogen) atoms. The molecule has 0 aliphatic rings. The lowest BCUT2D eigenvalue weighted by Crippen LogP contribution is -2.42. The maximum absolute atomic E-state index is 8.48. The van der Waals surface area contributed by atoms with Crippen molar-refractivity contribution >= 4 is 0 Å². The average molecular weight is 224 g/mol. The largest absolute Gasteiger partial charge is 0.392 e. The maximum atomic E-state index is 8.48. The van der Waals surface area contributed by atoms with Gasteiger partial charge in [-0.2, -0.15) is 0 Å². The highest BCUT2D eigenvalue weighted by Gasteiger charge is 2.14. The van der Waals surface area contributed by atoms with Crippen LogP contribution in [0.3, 0.4) is 0 Å². The fourth-order valence-electron chi connectivity index (χ4n) is 0.642. The summed E-state index contributed by atoms with van der Waals surface area (Å²) >= 11 is 0. The van der Waals surface area contributed by atoms with Gasteiger partial charge in [0.1, 0.15) is 12.0 Å². The third-order valence-electron chi connectivity index (χ3n) is 1.35. The minimum Gasteiger partial charge on any atom is -0.392 e. The Morgan fingerprint density at radius 3 is 1.93 bits per heavy atom. The van der Waals surface area contributed by atoms with Crippen LogP contribution in [0.25, 0.3) is 0 Å². The van der Waals surface area contributed by atoms with Gasteiger partial charge >= 0.3 is 0 Å². The molecule has 6 heteroatoms. The first-order valence-electron chi connectivity index (χ1n) is 4.95. The van der Waals surface area contributed by atoms with Crippen LogP contribution >= 0.6 is 0 Å². The van der Waals surface area contributed by atoms with E-state index >= 15 is 0 Å². The highest BCUT2D eigenvalue weighted by Crippen LogP contribution is 1.97. The smallest absolute Gasteiger partial charge is 0.137 e. The van der Waals surface area contributed by atoms with Crippen molar-refractivity contribution in [2.45, 2.75) is 32.7 Å². The lowest BCUT2D eigenvalue weighted by Gasteiger charge is -2.20. The summed E-state index contributed by atoms with van der Waals surface area (Å²) in [5.41, 5.74) is 9.61. The summed E-state index contributed by atoms with van der Waals surface area (Å²) in [5.74, 6) is 0. The van der Waals surface area contributed by atoms with Crippen molar-refractivity contribution in [3.8, 4) is 0 Å². The standard InChI is InChI=1S/C5H13NO2.C4H11NO2/c1-3-8-5(2,6)4-7;1-2-7-4(5)3-6/h7H,3-4,6H2,1-2H3;4,6H,2-3,5H2,1H3. The fourth-order valence-corrected chi connectivity index (χ4v) is 0.642. The zero-order valence-corrected chi connectivity index (χ0v) is 9.77. The van der Waals surface area contributed by atoms with E-state index in [1.54, 1.807) is 6.92 Å². The van der Waals surface area contributed by atoms with E-state index in [4.69, 9.17) is 31.2 Å². The van der Waals surface area contributed by atoms with Gasteiger partial charge in [-0.1, -0.05) is 0 Å². The highest BCUT2D eigenvalue weighted by atomic mass is 16.5. The molecule has 6 N–H and O–H groups in total. The van der Waals surface area contributed by atoms with Crippen molar-refractivity contribution in [1.29, 1.82) is 0 Å². The number of hydrogen-bond donors (Lipinski definition) is 4. The van der Waals surface area contributed by atoms with E-state index in [-0.39, 0.29) is 13.2 Å². The van der Waals surface area contributed by atoms with Gasteiger partial charge in [-0.05, 0) is 20.8 Å². The van der Waals surface area contributed by atoms with Crippen LogP contribution in [0.2, 0.25) is 0 Å². The Labute approximate surface area is 91.2 Å². The molecule has 0 amide bonds. The van der Waals surface area contributed by atoms with Crippen LogP contribution in [0.5, 0.6) is 0 Å². The predicted octanol–water partition coefficient (Wildman–Crippen LogP) is -1.01. The first-order chi connectivity index (χ1) is 6.93. The normalized spacial score (nSPS) is 16.2. The lowest BCUT2D eigenvalue weighted by atomic mass is 10.3. The SMILES string of the molecule is CCOC(C)(N)CO.CCOC(N)CO. The average Bonchev–Trinajstić information content (AvgIpc) is 2.19. The second-order valence-electron chi connectivity index (χ2n) is 3.08. The van der Waals surface area contributed by atoms with Crippen LogP contribution in [0.15, 0.2) is 0 Å². The molecular weight excluding hydrogens is 200 g/mol. The summed E-state index contributed by atoms with van der Waals surface area (Å²) in [6.45, 7) is 6.15. The summed E-state index contributed by atoms with van der Waals surface area (Å²) in [7, 11) is 0. The van der Waals surface area contributed by atoms with Crippen molar-refractivity contribution in [3.05, 3.63) is 0 Å². The topological polar surface area (TPSA) is 111 Å². The van der Waals surface area contributed by atoms with Crippen LogP contribution in [0.4, 0.5) is 0 Å². The summed E-state index contributed by atoms with van der Waals surface area (Å²) in [6.07, 6.45) is -0.495. The molecule has 0 radical (unpaired) electrons. The van der Waals surface area contributed by atoms with Crippen molar-refractivity contribution in [1.82, 2.24) is 0 Å². The number of aliphatic hydroxyl groups excluding tert-OH is 2. The summed E-state index contributed by atoms with van der Waals surface area (Å²) in [5, 5.41) is 16.7. The minimum atomic E-state index is -0.852. The van der Waals surface area contributed by atoms with E-state index in [0.29, 0.717) is 13.2 Å². The molecule has 6 nitrogen and oxygen atoms in total. The number of hydrogen-bond acceptors (Lipinski definition) is 6. The van der Waals surface area contributed by atoms with E-state index < -0.39 is 12.0 Å². The Balaban J connectivity index is 0. The Hall–Kier alpha value is -0.240.